The van der Waals surface area contributed by atoms with E-state index in [4.69, 9.17) is 0 Å². The van der Waals surface area contributed by atoms with Gasteiger partial charge in [-0.25, -0.2) is 0 Å². The van der Waals surface area contributed by atoms with E-state index in [1.165, 1.54) is 0 Å². The molecule has 0 aliphatic carbocycles. The smallest absolute Gasteiger partial charge is 0 e. The SMILES string of the molecule is [Mn].[Mn].[Mn].[Mn].[Mn].[Th]. The predicted octanol–water partition coefficient (Wildman–Crippen LogP) is -0.0125. The third kappa shape index (κ3) is 24.7. The minimum Gasteiger partial charge on any atom is 0 e. The van der Waals surface area contributed by atoms with Crippen molar-refractivity contribution in [3.63, 3.8) is 0 Å². The van der Waals surface area contributed by atoms with Crippen LogP contribution in [-0.4, -0.2) is 0 Å². The molecule has 0 atom stereocenters. The fourth-order valence-electron chi connectivity index (χ4n) is 0. The Morgan fingerprint density at radius 1 is 0.333 bits per heavy atom. The van der Waals surface area contributed by atoms with Crippen LogP contribution >= 0.6 is 0 Å². The number of hydrogen-bond acceptors (Lipinski definition) is 0. The molecule has 0 rings (SSSR count). The second kappa shape index (κ2) is 36.4. The van der Waals surface area contributed by atoms with E-state index in [1.807, 2.05) is 0 Å². The molecule has 0 heterocycles. The summed E-state index contributed by atoms with van der Waals surface area (Å²) in [4.78, 5) is 0. The van der Waals surface area contributed by atoms with E-state index in [0.717, 1.165) is 0 Å². The molecule has 39 valence electrons. The van der Waals surface area contributed by atoms with Gasteiger partial charge in [-0.15, -0.1) is 0 Å². The van der Waals surface area contributed by atoms with Crippen LogP contribution in [0.4, 0.5) is 0 Å². The van der Waals surface area contributed by atoms with Gasteiger partial charge in [0.05, 0.1) is 0 Å². The summed E-state index contributed by atoms with van der Waals surface area (Å²) in [5.74, 6) is 0. The van der Waals surface area contributed by atoms with Gasteiger partial charge in [-0.05, 0) is 0 Å². The van der Waals surface area contributed by atoms with E-state index in [1.54, 1.807) is 0 Å². The molecule has 0 amide bonds. The molecule has 6 heavy (non-hydrogen) atoms. The summed E-state index contributed by atoms with van der Waals surface area (Å²) in [5, 5.41) is 0. The summed E-state index contributed by atoms with van der Waals surface area (Å²) in [7, 11) is 0. The third-order valence-electron chi connectivity index (χ3n) is 0. The predicted molar refractivity (Wildman–Crippen MR) is 0 cm³/mol. The Kier molecular flexibility index (Phi) is 312. The Balaban J connectivity index is 0. The van der Waals surface area contributed by atoms with Gasteiger partial charge in [0.2, 0.25) is 0 Å². The zero-order valence-electron chi connectivity index (χ0n) is 2.39. The van der Waals surface area contributed by atoms with Gasteiger partial charge in [-0.1, -0.05) is 0 Å². The van der Waals surface area contributed by atoms with Crippen LogP contribution in [0.5, 0.6) is 0 Å². The Bertz CT molecular complexity index is 3.90. The van der Waals surface area contributed by atoms with Crippen LogP contribution in [-0.2, 0) is 85.3 Å². The van der Waals surface area contributed by atoms with Crippen LogP contribution in [0.1, 0.15) is 0 Å². The molecule has 0 N–H and O–H groups in total. The van der Waals surface area contributed by atoms with E-state index in [9.17, 15) is 0 Å². The van der Waals surface area contributed by atoms with Crippen LogP contribution in [0.3, 0.4) is 0 Å². The molecule has 5 radical (unpaired) electrons. The second-order valence-electron chi connectivity index (χ2n) is 0. The molecule has 0 aliphatic rings. The van der Waals surface area contributed by atoms with Crippen LogP contribution in [0.25, 0.3) is 0 Å². The maximum atomic E-state index is 0. The molecule has 0 unspecified atom stereocenters. The molecule has 0 nitrogen and oxygen atoms in total. The van der Waals surface area contributed by atoms with Crippen LogP contribution in [0.15, 0.2) is 0 Å². The standard InChI is InChI=1S/5Mn.Th. The van der Waals surface area contributed by atoms with Crippen molar-refractivity contribution >= 4 is 0 Å². The summed E-state index contributed by atoms with van der Waals surface area (Å²) in [5.41, 5.74) is 0. The molecule has 0 aromatic heterocycles. The average Bonchev–Trinajstić information content (AvgIpc) is 0. The zero-order valence-corrected chi connectivity index (χ0v) is 12.4. The van der Waals surface area contributed by atoms with Crippen molar-refractivity contribution in [2.75, 3.05) is 0 Å². The minimum atomic E-state index is 0. The largest absolute Gasteiger partial charge is 0 e. The van der Waals surface area contributed by atoms with Gasteiger partial charge in [0, 0.05) is 125 Å². The van der Waals surface area contributed by atoms with Crippen molar-refractivity contribution in [1.82, 2.24) is 0 Å². The van der Waals surface area contributed by atoms with Gasteiger partial charge in [0.15, 0.2) is 0 Å². The van der Waals surface area contributed by atoms with Crippen molar-refractivity contribution in [2.45, 2.75) is 0 Å². The summed E-state index contributed by atoms with van der Waals surface area (Å²) in [6.45, 7) is 0. The van der Waals surface area contributed by atoms with Crippen molar-refractivity contribution in [1.29, 1.82) is 0 Å². The molecule has 0 spiro atoms. The van der Waals surface area contributed by atoms with E-state index >= 15 is 0 Å². The van der Waals surface area contributed by atoms with Gasteiger partial charge in [-0.3, -0.25) is 0 Å². The maximum Gasteiger partial charge on any atom is 0 e. The molecule has 0 bridgehead atoms. The van der Waals surface area contributed by atoms with Crippen LogP contribution in [0.2, 0.25) is 0 Å². The van der Waals surface area contributed by atoms with Gasteiger partial charge in [-0.2, -0.15) is 0 Å². The first-order chi connectivity index (χ1) is 0. The molecule has 0 saturated heterocycles. The van der Waals surface area contributed by atoms with Crippen molar-refractivity contribution < 1.29 is 125 Å². The van der Waals surface area contributed by atoms with E-state index < -0.39 is 0 Å². The normalized spacial score (nSPS) is 0. The number of rotatable bonds is 0. The van der Waals surface area contributed by atoms with Crippen molar-refractivity contribution in [3.8, 4) is 0 Å². The molecular formula is Mn5Th. The fraction of sp³-hybridized carbons (Fsp3) is 0. The zero-order chi connectivity index (χ0) is 0. The minimum absolute atomic E-state index is 0. The van der Waals surface area contributed by atoms with Crippen LogP contribution < -0.4 is 0 Å². The molecular weight excluding hydrogens is 507 g/mol. The van der Waals surface area contributed by atoms with Gasteiger partial charge in [0.25, 0.3) is 0 Å². The van der Waals surface area contributed by atoms with Gasteiger partial charge >= 0.3 is 0 Å². The summed E-state index contributed by atoms with van der Waals surface area (Å²) < 4.78 is 0. The Hall–Kier alpha value is 3.92. The Labute approximate surface area is 123 Å². The first-order valence-corrected chi connectivity index (χ1v) is 0. The maximum absolute atomic E-state index is 0. The monoisotopic (exact) mass is 507 g/mol. The van der Waals surface area contributed by atoms with Crippen molar-refractivity contribution in [3.05, 3.63) is 0 Å². The molecule has 0 aliphatic heterocycles. The molecule has 6 heteroatoms. The molecule has 0 aromatic carbocycles. The van der Waals surface area contributed by atoms with Crippen molar-refractivity contribution in [2.24, 2.45) is 0 Å². The summed E-state index contributed by atoms with van der Waals surface area (Å²) >= 11 is 0. The van der Waals surface area contributed by atoms with E-state index in [2.05, 4.69) is 0 Å². The first-order valence-electron chi connectivity index (χ1n) is 0. The summed E-state index contributed by atoms with van der Waals surface area (Å²) in [6, 6.07) is 0. The topological polar surface area (TPSA) is 0 Å². The average molecular weight is 507 g/mol. The van der Waals surface area contributed by atoms with E-state index in [0.29, 0.717) is 0 Å². The fourth-order valence-corrected chi connectivity index (χ4v) is 0. The first kappa shape index (κ1) is 51.3. The molecule has 0 aromatic rings. The van der Waals surface area contributed by atoms with Gasteiger partial charge < -0.3 is 0 Å². The Morgan fingerprint density at radius 2 is 0.333 bits per heavy atom. The molecule has 0 saturated carbocycles. The summed E-state index contributed by atoms with van der Waals surface area (Å²) in [6.07, 6.45) is 0. The van der Waals surface area contributed by atoms with Crippen LogP contribution in [0, 0.1) is 39.9 Å². The number of hydrogen-bond donors (Lipinski definition) is 0. The Morgan fingerprint density at radius 3 is 0.333 bits per heavy atom. The second-order valence-corrected chi connectivity index (χ2v) is 0. The quantitative estimate of drug-likeness (QED) is 0.406. The van der Waals surface area contributed by atoms with Gasteiger partial charge in [0.1, 0.15) is 0 Å². The third-order valence-corrected chi connectivity index (χ3v) is 0. The molecule has 0 fully saturated rings. The van der Waals surface area contributed by atoms with E-state index in [-0.39, 0.29) is 125 Å².